The monoisotopic (exact) mass is 529 g/mol. The number of nitrogens with zero attached hydrogens (tertiary/aromatic N) is 1. The number of amides is 4. The van der Waals surface area contributed by atoms with Gasteiger partial charge in [0.05, 0.1) is 6.04 Å². The van der Waals surface area contributed by atoms with Crippen LogP contribution in [0.5, 0.6) is 0 Å². The Bertz CT molecular complexity index is 1070. The molecule has 11 nitrogen and oxygen atoms in total. The van der Waals surface area contributed by atoms with Gasteiger partial charge in [0.2, 0.25) is 17.7 Å². The second kappa shape index (κ2) is 12.4. The van der Waals surface area contributed by atoms with E-state index in [1.54, 1.807) is 37.1 Å². The number of nitrogens with one attached hydrogen (secondary N) is 4. The van der Waals surface area contributed by atoms with Crippen molar-refractivity contribution >= 4 is 35.3 Å². The zero-order valence-corrected chi connectivity index (χ0v) is 22.8. The molecule has 1 aromatic rings. The first-order valence-corrected chi connectivity index (χ1v) is 13.1. The Kier molecular flexibility index (Phi) is 9.48. The Morgan fingerprint density at radius 3 is 2.50 bits per heavy atom. The van der Waals surface area contributed by atoms with Crippen molar-refractivity contribution in [2.75, 3.05) is 18.9 Å². The van der Waals surface area contributed by atoms with Gasteiger partial charge in [-0.2, -0.15) is 0 Å². The van der Waals surface area contributed by atoms with Crippen molar-refractivity contribution in [2.45, 2.75) is 84.2 Å². The van der Waals surface area contributed by atoms with Gasteiger partial charge in [0.15, 0.2) is 6.10 Å². The Morgan fingerprint density at radius 1 is 1.13 bits per heavy atom. The zero-order chi connectivity index (χ0) is 28.0. The summed E-state index contributed by atoms with van der Waals surface area (Å²) >= 11 is 0. The molecule has 208 valence electrons. The van der Waals surface area contributed by atoms with Gasteiger partial charge in [0, 0.05) is 31.6 Å². The summed E-state index contributed by atoms with van der Waals surface area (Å²) in [5.41, 5.74) is 0.740. The number of ether oxygens (including phenoxy) is 1. The van der Waals surface area contributed by atoms with Crippen molar-refractivity contribution < 1.29 is 28.7 Å². The molecule has 0 aromatic heterocycles. The molecule has 2 aliphatic rings. The van der Waals surface area contributed by atoms with Crippen LogP contribution in [0.25, 0.3) is 0 Å². The lowest BCUT2D eigenvalue weighted by Gasteiger charge is -2.36. The summed E-state index contributed by atoms with van der Waals surface area (Å²) in [7, 11) is 1.68. The Labute approximate surface area is 223 Å². The third kappa shape index (κ3) is 7.31. The number of carbonyl (C=O) groups excluding carboxylic acids is 5. The minimum absolute atomic E-state index is 0.207. The molecule has 3 rings (SSSR count). The van der Waals surface area contributed by atoms with Crippen LogP contribution < -0.4 is 21.3 Å². The van der Waals surface area contributed by atoms with Crippen LogP contribution in [0.4, 0.5) is 5.69 Å². The normalized spacial score (nSPS) is 20.9. The lowest BCUT2D eigenvalue weighted by Crippen LogP contribution is -2.59. The second-order valence-corrected chi connectivity index (χ2v) is 10.9. The number of hydrogen-bond donors (Lipinski definition) is 4. The fourth-order valence-corrected chi connectivity index (χ4v) is 4.51. The van der Waals surface area contributed by atoms with Crippen molar-refractivity contribution in [2.24, 2.45) is 5.41 Å². The summed E-state index contributed by atoms with van der Waals surface area (Å²) < 4.78 is 5.00. The third-order valence-electron chi connectivity index (χ3n) is 6.90. The third-order valence-corrected chi connectivity index (χ3v) is 6.90. The summed E-state index contributed by atoms with van der Waals surface area (Å²) in [6.07, 6.45) is 1.01. The van der Waals surface area contributed by atoms with Gasteiger partial charge in [-0.1, -0.05) is 32.9 Å². The number of rotatable bonds is 9. The van der Waals surface area contributed by atoms with Crippen LogP contribution in [0.1, 0.15) is 58.9 Å². The Hall–Kier alpha value is -3.47. The summed E-state index contributed by atoms with van der Waals surface area (Å²) in [6, 6.07) is 5.15. The lowest BCUT2D eigenvalue weighted by atomic mass is 9.85. The van der Waals surface area contributed by atoms with E-state index in [2.05, 4.69) is 21.3 Å². The van der Waals surface area contributed by atoms with E-state index >= 15 is 0 Å². The molecule has 2 saturated heterocycles. The molecule has 4 amide bonds. The number of anilines is 1. The Balaban J connectivity index is 1.61. The maximum Gasteiger partial charge on any atom is 0.306 e. The first kappa shape index (κ1) is 29.1. The van der Waals surface area contributed by atoms with E-state index in [1.165, 1.54) is 0 Å². The quantitative estimate of drug-likeness (QED) is 0.350. The minimum atomic E-state index is -0.792. The molecule has 0 spiro atoms. The highest BCUT2D eigenvalue weighted by Crippen LogP contribution is 2.26. The standard InChI is InChI=1S/C27H39N5O6/c1-16(28-5)23(34)31-22(27(2,3)4)26(37)32-13-7-10-19(32)24(35)29-15-17-8-6-9-18(14-17)30-25(36)20-11-12-21(33)38-20/h6,8-9,14,16,19-20,22,28H,7,10-13,15H2,1-5H3,(H,29,35)(H,30,36)(H,31,34)/t16-,19?,20+,22+/m0/s1. The molecule has 2 aliphatic heterocycles. The number of carbonyl (C=O) groups is 5. The van der Waals surface area contributed by atoms with E-state index in [-0.39, 0.29) is 42.6 Å². The van der Waals surface area contributed by atoms with Crippen molar-refractivity contribution in [3.63, 3.8) is 0 Å². The van der Waals surface area contributed by atoms with E-state index in [9.17, 15) is 24.0 Å². The van der Waals surface area contributed by atoms with Gasteiger partial charge < -0.3 is 30.9 Å². The highest BCUT2D eigenvalue weighted by atomic mass is 16.6. The summed E-state index contributed by atoms with van der Waals surface area (Å²) in [6.45, 7) is 8.01. The molecule has 4 atom stereocenters. The molecule has 11 heteroatoms. The number of esters is 1. The average Bonchev–Trinajstić information content (AvgIpc) is 3.54. The lowest BCUT2D eigenvalue weighted by molar-refractivity contribution is -0.146. The predicted molar refractivity (Wildman–Crippen MR) is 141 cm³/mol. The molecule has 1 unspecified atom stereocenters. The molecule has 4 N–H and O–H groups in total. The number of benzene rings is 1. The highest BCUT2D eigenvalue weighted by molar-refractivity contribution is 5.97. The van der Waals surface area contributed by atoms with Crippen LogP contribution in [0.15, 0.2) is 24.3 Å². The molecular formula is C27H39N5O6. The largest absolute Gasteiger partial charge is 0.452 e. The van der Waals surface area contributed by atoms with Crippen LogP contribution in [-0.2, 0) is 35.3 Å². The Morgan fingerprint density at radius 2 is 1.87 bits per heavy atom. The van der Waals surface area contributed by atoms with E-state index in [0.29, 0.717) is 31.5 Å². The summed E-state index contributed by atoms with van der Waals surface area (Å²) in [4.78, 5) is 64.4. The van der Waals surface area contributed by atoms with Gasteiger partial charge in [-0.15, -0.1) is 0 Å². The molecule has 0 bridgehead atoms. The van der Waals surface area contributed by atoms with Crippen LogP contribution in [-0.4, -0.2) is 72.3 Å². The van der Waals surface area contributed by atoms with E-state index < -0.39 is 29.6 Å². The number of hydrogen-bond acceptors (Lipinski definition) is 7. The van der Waals surface area contributed by atoms with Crippen LogP contribution in [0, 0.1) is 5.41 Å². The first-order chi connectivity index (χ1) is 17.9. The second-order valence-electron chi connectivity index (χ2n) is 10.9. The zero-order valence-electron chi connectivity index (χ0n) is 22.8. The van der Waals surface area contributed by atoms with Crippen molar-refractivity contribution in [3.8, 4) is 0 Å². The predicted octanol–water partition coefficient (Wildman–Crippen LogP) is 1.08. The van der Waals surface area contributed by atoms with Gasteiger partial charge in [0.1, 0.15) is 12.1 Å². The molecule has 2 heterocycles. The molecule has 0 aliphatic carbocycles. The van der Waals surface area contributed by atoms with Gasteiger partial charge in [-0.05, 0) is 49.9 Å². The molecular weight excluding hydrogens is 490 g/mol. The van der Waals surface area contributed by atoms with E-state index in [1.807, 2.05) is 26.8 Å². The summed E-state index contributed by atoms with van der Waals surface area (Å²) in [5, 5.41) is 11.4. The van der Waals surface area contributed by atoms with Gasteiger partial charge in [-0.3, -0.25) is 24.0 Å². The minimum Gasteiger partial charge on any atom is -0.452 e. The summed E-state index contributed by atoms with van der Waals surface area (Å²) in [5.74, 6) is -1.60. The van der Waals surface area contributed by atoms with Gasteiger partial charge in [0.25, 0.3) is 5.91 Å². The first-order valence-electron chi connectivity index (χ1n) is 13.1. The molecule has 1 aromatic carbocycles. The molecule has 0 saturated carbocycles. The molecule has 38 heavy (non-hydrogen) atoms. The van der Waals surface area contributed by atoms with E-state index in [4.69, 9.17) is 4.74 Å². The fourth-order valence-electron chi connectivity index (χ4n) is 4.51. The highest BCUT2D eigenvalue weighted by Gasteiger charge is 2.42. The SMILES string of the molecule is CN[C@@H](C)C(=O)N[C@H](C(=O)N1CCCC1C(=O)NCc1cccc(NC(=O)[C@H]2CCC(=O)O2)c1)C(C)(C)C. The van der Waals surface area contributed by atoms with E-state index in [0.717, 1.165) is 5.56 Å². The van der Waals surface area contributed by atoms with Crippen molar-refractivity contribution in [1.29, 1.82) is 0 Å². The average molecular weight is 530 g/mol. The number of likely N-dealkylation sites (N-methyl/N-ethyl adjacent to an activating group) is 1. The smallest absolute Gasteiger partial charge is 0.306 e. The van der Waals surface area contributed by atoms with Crippen LogP contribution in [0.2, 0.25) is 0 Å². The topological polar surface area (TPSA) is 146 Å². The van der Waals surface area contributed by atoms with Crippen molar-refractivity contribution in [1.82, 2.24) is 20.9 Å². The number of likely N-dealkylation sites (tertiary alicyclic amines) is 1. The van der Waals surface area contributed by atoms with Gasteiger partial charge >= 0.3 is 5.97 Å². The fraction of sp³-hybridized carbons (Fsp3) is 0.593. The molecule has 2 fully saturated rings. The number of cyclic esters (lactones) is 1. The van der Waals surface area contributed by atoms with Crippen LogP contribution in [0.3, 0.4) is 0 Å². The maximum atomic E-state index is 13.5. The van der Waals surface area contributed by atoms with Gasteiger partial charge in [-0.25, -0.2) is 0 Å². The van der Waals surface area contributed by atoms with Crippen molar-refractivity contribution in [3.05, 3.63) is 29.8 Å². The van der Waals surface area contributed by atoms with Crippen LogP contribution >= 0.6 is 0 Å². The molecule has 0 radical (unpaired) electrons. The maximum absolute atomic E-state index is 13.5.